The van der Waals surface area contributed by atoms with Crippen LogP contribution in [0.3, 0.4) is 0 Å². The van der Waals surface area contributed by atoms with E-state index in [0.29, 0.717) is 6.42 Å². The Morgan fingerprint density at radius 2 is 1.55 bits per heavy atom. The SMILES string of the molecule is CC(C)(C[C@H](c1ccc(F)cc1)c1ccc(Br)cc1)S(N)=O. The Labute approximate surface area is 141 Å². The third kappa shape index (κ3) is 4.24. The molecule has 22 heavy (non-hydrogen) atoms. The van der Waals surface area contributed by atoms with Crippen LogP contribution in [-0.2, 0) is 11.0 Å². The van der Waals surface area contributed by atoms with Gasteiger partial charge in [0.1, 0.15) is 5.82 Å². The molecule has 0 radical (unpaired) electrons. The molecule has 0 aliphatic carbocycles. The minimum absolute atomic E-state index is 0.0104. The summed E-state index contributed by atoms with van der Waals surface area (Å²) >= 11 is 3.43. The summed E-state index contributed by atoms with van der Waals surface area (Å²) in [6.07, 6.45) is 0.614. The first kappa shape index (κ1) is 17.3. The lowest BCUT2D eigenvalue weighted by molar-refractivity contribution is 0.555. The first-order chi connectivity index (χ1) is 10.3. The van der Waals surface area contributed by atoms with Crippen molar-refractivity contribution in [3.8, 4) is 0 Å². The summed E-state index contributed by atoms with van der Waals surface area (Å²) in [4.78, 5) is 0. The van der Waals surface area contributed by atoms with Crippen LogP contribution in [0.2, 0.25) is 0 Å². The van der Waals surface area contributed by atoms with Crippen molar-refractivity contribution in [2.24, 2.45) is 5.14 Å². The molecule has 2 N–H and O–H groups in total. The molecule has 1 unspecified atom stereocenters. The molecule has 0 aliphatic rings. The van der Waals surface area contributed by atoms with E-state index in [1.54, 1.807) is 12.1 Å². The Balaban J connectivity index is 2.42. The standard InChI is InChI=1S/C17H19BrFNOS/c1-17(2,22(20)21)11-16(12-3-7-14(18)8-4-12)13-5-9-15(19)10-6-13/h3-10,16H,11,20H2,1-2H3/t16-,22?/m0/s1. The average molecular weight is 384 g/mol. The second kappa shape index (κ2) is 7.02. The van der Waals surface area contributed by atoms with Gasteiger partial charge in [-0.15, -0.1) is 0 Å². The van der Waals surface area contributed by atoms with E-state index in [1.807, 2.05) is 38.1 Å². The second-order valence-electron chi connectivity index (χ2n) is 5.92. The quantitative estimate of drug-likeness (QED) is 0.810. The first-order valence-corrected chi connectivity index (χ1v) is 8.97. The van der Waals surface area contributed by atoms with E-state index in [1.165, 1.54) is 12.1 Å². The van der Waals surface area contributed by atoms with E-state index in [9.17, 15) is 8.60 Å². The lowest BCUT2D eigenvalue weighted by atomic mass is 9.84. The number of halogens is 2. The maximum atomic E-state index is 13.2. The summed E-state index contributed by atoms with van der Waals surface area (Å²) in [5.41, 5.74) is 2.08. The minimum atomic E-state index is -1.44. The number of benzene rings is 2. The summed E-state index contributed by atoms with van der Waals surface area (Å²) in [7, 11) is -1.44. The molecule has 0 aliphatic heterocycles. The van der Waals surface area contributed by atoms with Gasteiger partial charge in [0.15, 0.2) is 0 Å². The minimum Gasteiger partial charge on any atom is -0.251 e. The Bertz CT molecular complexity index is 610. The molecule has 2 aromatic rings. The molecule has 2 nitrogen and oxygen atoms in total. The molecular formula is C17H19BrFNOS. The van der Waals surface area contributed by atoms with Gasteiger partial charge in [-0.05, 0) is 55.7 Å². The fourth-order valence-corrected chi connectivity index (χ4v) is 2.99. The van der Waals surface area contributed by atoms with Gasteiger partial charge < -0.3 is 0 Å². The van der Waals surface area contributed by atoms with Crippen molar-refractivity contribution in [2.75, 3.05) is 0 Å². The predicted octanol–water partition coefficient (Wildman–Crippen LogP) is 4.51. The Morgan fingerprint density at radius 1 is 1.09 bits per heavy atom. The topological polar surface area (TPSA) is 43.1 Å². The Morgan fingerprint density at radius 3 is 2.00 bits per heavy atom. The summed E-state index contributed by atoms with van der Waals surface area (Å²) in [5, 5.41) is 5.63. The molecular weight excluding hydrogens is 365 g/mol. The normalized spacial score (nSPS) is 14.6. The molecule has 118 valence electrons. The van der Waals surface area contributed by atoms with Gasteiger partial charge >= 0.3 is 0 Å². The van der Waals surface area contributed by atoms with Crippen molar-refractivity contribution in [3.63, 3.8) is 0 Å². The monoisotopic (exact) mass is 383 g/mol. The summed E-state index contributed by atoms with van der Waals surface area (Å²) in [5.74, 6) is -0.254. The third-order valence-electron chi connectivity index (χ3n) is 3.79. The largest absolute Gasteiger partial charge is 0.251 e. The van der Waals surface area contributed by atoms with E-state index in [0.717, 1.165) is 15.6 Å². The van der Waals surface area contributed by atoms with Crippen molar-refractivity contribution in [1.82, 2.24) is 0 Å². The van der Waals surface area contributed by atoms with Crippen molar-refractivity contribution in [3.05, 3.63) is 69.9 Å². The van der Waals surface area contributed by atoms with Gasteiger partial charge in [0.2, 0.25) is 0 Å². The summed E-state index contributed by atoms with van der Waals surface area (Å²) in [6.45, 7) is 3.77. The van der Waals surface area contributed by atoms with E-state index in [2.05, 4.69) is 15.9 Å². The van der Waals surface area contributed by atoms with E-state index in [4.69, 9.17) is 5.14 Å². The number of rotatable bonds is 5. The predicted molar refractivity (Wildman–Crippen MR) is 93.4 cm³/mol. The molecule has 5 heteroatoms. The van der Waals surface area contributed by atoms with Crippen molar-refractivity contribution >= 4 is 26.9 Å². The Kier molecular flexibility index (Phi) is 5.53. The average Bonchev–Trinajstić information content (AvgIpc) is 2.47. The fraction of sp³-hybridized carbons (Fsp3) is 0.294. The fourth-order valence-electron chi connectivity index (χ4n) is 2.39. The highest BCUT2D eigenvalue weighted by Crippen LogP contribution is 2.35. The zero-order chi connectivity index (χ0) is 16.3. The van der Waals surface area contributed by atoms with E-state index < -0.39 is 15.7 Å². The van der Waals surface area contributed by atoms with E-state index in [-0.39, 0.29) is 11.7 Å². The highest BCUT2D eigenvalue weighted by Gasteiger charge is 2.29. The molecule has 0 saturated carbocycles. The molecule has 2 atom stereocenters. The lowest BCUT2D eigenvalue weighted by Crippen LogP contribution is -2.34. The van der Waals surface area contributed by atoms with Crippen LogP contribution in [0.4, 0.5) is 4.39 Å². The highest BCUT2D eigenvalue weighted by atomic mass is 79.9. The van der Waals surface area contributed by atoms with Gasteiger partial charge in [-0.25, -0.2) is 8.60 Å². The molecule has 0 bridgehead atoms. The van der Waals surface area contributed by atoms with E-state index >= 15 is 0 Å². The van der Waals surface area contributed by atoms with Crippen LogP contribution >= 0.6 is 15.9 Å². The maximum absolute atomic E-state index is 13.2. The van der Waals surface area contributed by atoms with Crippen molar-refractivity contribution < 1.29 is 8.60 Å². The van der Waals surface area contributed by atoms with Gasteiger partial charge in [0, 0.05) is 10.4 Å². The van der Waals surface area contributed by atoms with Crippen LogP contribution in [-0.4, -0.2) is 8.96 Å². The molecule has 0 saturated heterocycles. The number of nitrogens with two attached hydrogens (primary N) is 1. The maximum Gasteiger partial charge on any atom is 0.123 e. The first-order valence-electron chi connectivity index (χ1n) is 6.97. The molecule has 2 rings (SSSR count). The summed E-state index contributed by atoms with van der Waals surface area (Å²) < 4.78 is 25.5. The van der Waals surface area contributed by atoms with Gasteiger partial charge in [0.25, 0.3) is 0 Å². The van der Waals surface area contributed by atoms with Crippen LogP contribution in [0.25, 0.3) is 0 Å². The molecule has 0 amide bonds. The zero-order valence-electron chi connectivity index (χ0n) is 12.6. The Hall–Kier alpha value is -1.04. The van der Waals surface area contributed by atoms with Crippen molar-refractivity contribution in [1.29, 1.82) is 0 Å². The lowest BCUT2D eigenvalue weighted by Gasteiger charge is -2.28. The molecule has 0 heterocycles. The van der Waals surface area contributed by atoms with Crippen LogP contribution in [0, 0.1) is 5.82 Å². The van der Waals surface area contributed by atoms with Gasteiger partial charge in [-0.3, -0.25) is 5.14 Å². The second-order valence-corrected chi connectivity index (χ2v) is 8.53. The van der Waals surface area contributed by atoms with Crippen LogP contribution in [0.1, 0.15) is 37.3 Å². The van der Waals surface area contributed by atoms with Crippen molar-refractivity contribution in [2.45, 2.75) is 30.9 Å². The van der Waals surface area contributed by atoms with Gasteiger partial charge in [0.05, 0.1) is 15.7 Å². The van der Waals surface area contributed by atoms with Gasteiger partial charge in [-0.2, -0.15) is 0 Å². The van der Waals surface area contributed by atoms with Crippen LogP contribution < -0.4 is 5.14 Å². The smallest absolute Gasteiger partial charge is 0.123 e. The highest BCUT2D eigenvalue weighted by molar-refractivity contribution is 9.10. The van der Waals surface area contributed by atoms with Gasteiger partial charge in [-0.1, -0.05) is 40.2 Å². The number of hydrogen-bond donors (Lipinski definition) is 1. The van der Waals surface area contributed by atoms with Crippen LogP contribution in [0.5, 0.6) is 0 Å². The zero-order valence-corrected chi connectivity index (χ0v) is 15.0. The molecule has 0 spiro atoms. The van der Waals surface area contributed by atoms with Crippen LogP contribution in [0.15, 0.2) is 53.0 Å². The number of hydrogen-bond acceptors (Lipinski definition) is 1. The summed E-state index contributed by atoms with van der Waals surface area (Å²) in [6, 6.07) is 14.4. The molecule has 0 aromatic heterocycles. The molecule has 0 fully saturated rings. The molecule has 2 aromatic carbocycles. The third-order valence-corrected chi connectivity index (χ3v) is 5.57.